The topological polar surface area (TPSA) is 20.2 Å². The molecule has 0 bridgehead atoms. The standard InChI is InChI=1S/C12H10F2O/c13-12(14)9-5-4-8-2-1-3-10(7-15)11(8)6-9/h1-6,12,15H,7H2. The molecular weight excluding hydrogens is 198 g/mol. The molecule has 0 aliphatic carbocycles. The number of alkyl halides is 2. The van der Waals surface area contributed by atoms with Gasteiger partial charge in [0.25, 0.3) is 6.43 Å². The summed E-state index contributed by atoms with van der Waals surface area (Å²) in [4.78, 5) is 0. The normalized spacial score (nSPS) is 11.2. The minimum Gasteiger partial charge on any atom is -0.392 e. The number of hydrogen-bond acceptors (Lipinski definition) is 1. The van der Waals surface area contributed by atoms with E-state index < -0.39 is 6.43 Å². The maximum atomic E-state index is 12.5. The lowest BCUT2D eigenvalue weighted by Crippen LogP contribution is -1.89. The monoisotopic (exact) mass is 208 g/mol. The van der Waals surface area contributed by atoms with E-state index in [4.69, 9.17) is 5.11 Å². The van der Waals surface area contributed by atoms with Crippen molar-refractivity contribution in [3.8, 4) is 0 Å². The number of rotatable bonds is 2. The van der Waals surface area contributed by atoms with Crippen LogP contribution >= 0.6 is 0 Å². The van der Waals surface area contributed by atoms with Crippen LogP contribution in [0.1, 0.15) is 17.6 Å². The van der Waals surface area contributed by atoms with Gasteiger partial charge in [-0.05, 0) is 22.4 Å². The van der Waals surface area contributed by atoms with E-state index in [0.717, 1.165) is 5.39 Å². The Morgan fingerprint density at radius 3 is 2.60 bits per heavy atom. The van der Waals surface area contributed by atoms with E-state index in [2.05, 4.69) is 0 Å². The molecule has 0 aliphatic heterocycles. The average Bonchev–Trinajstić information content (AvgIpc) is 2.27. The second kappa shape index (κ2) is 3.95. The first-order chi connectivity index (χ1) is 7.22. The fourth-order valence-electron chi connectivity index (χ4n) is 1.63. The Morgan fingerprint density at radius 1 is 1.13 bits per heavy atom. The Balaban J connectivity index is 2.67. The first-order valence-electron chi connectivity index (χ1n) is 4.63. The summed E-state index contributed by atoms with van der Waals surface area (Å²) in [6.07, 6.45) is -2.47. The smallest absolute Gasteiger partial charge is 0.263 e. The quantitative estimate of drug-likeness (QED) is 0.803. The van der Waals surface area contributed by atoms with Gasteiger partial charge in [-0.2, -0.15) is 0 Å². The zero-order valence-corrected chi connectivity index (χ0v) is 7.95. The minimum absolute atomic E-state index is 0.0107. The van der Waals surface area contributed by atoms with Gasteiger partial charge < -0.3 is 5.11 Å². The van der Waals surface area contributed by atoms with Crippen molar-refractivity contribution >= 4 is 10.8 Å². The van der Waals surface area contributed by atoms with Gasteiger partial charge in [0.1, 0.15) is 0 Å². The molecular formula is C12H10F2O. The summed E-state index contributed by atoms with van der Waals surface area (Å²) >= 11 is 0. The fraction of sp³-hybridized carbons (Fsp3) is 0.167. The van der Waals surface area contributed by atoms with Crippen molar-refractivity contribution in [3.05, 3.63) is 47.5 Å². The lowest BCUT2D eigenvalue weighted by molar-refractivity contribution is 0.151. The van der Waals surface area contributed by atoms with E-state index in [9.17, 15) is 8.78 Å². The van der Waals surface area contributed by atoms with Crippen LogP contribution in [-0.2, 0) is 6.61 Å². The van der Waals surface area contributed by atoms with Crippen molar-refractivity contribution in [2.75, 3.05) is 0 Å². The van der Waals surface area contributed by atoms with E-state index in [-0.39, 0.29) is 12.2 Å². The van der Waals surface area contributed by atoms with Gasteiger partial charge in [-0.25, -0.2) is 8.78 Å². The molecule has 0 unspecified atom stereocenters. The highest BCUT2D eigenvalue weighted by Gasteiger charge is 2.08. The minimum atomic E-state index is -2.47. The molecule has 0 saturated carbocycles. The van der Waals surface area contributed by atoms with Crippen molar-refractivity contribution in [1.29, 1.82) is 0 Å². The summed E-state index contributed by atoms with van der Waals surface area (Å²) in [6.45, 7) is -0.135. The summed E-state index contributed by atoms with van der Waals surface area (Å²) < 4.78 is 24.9. The number of hydrogen-bond donors (Lipinski definition) is 1. The summed E-state index contributed by atoms with van der Waals surface area (Å²) in [5.74, 6) is 0. The molecule has 1 N–H and O–H groups in total. The molecule has 0 spiro atoms. The predicted molar refractivity (Wildman–Crippen MR) is 54.8 cm³/mol. The van der Waals surface area contributed by atoms with Gasteiger partial charge in [0.05, 0.1) is 6.61 Å². The molecule has 2 aromatic rings. The highest BCUT2D eigenvalue weighted by Crippen LogP contribution is 2.25. The first-order valence-corrected chi connectivity index (χ1v) is 4.63. The van der Waals surface area contributed by atoms with Crippen LogP contribution in [0.2, 0.25) is 0 Å². The lowest BCUT2D eigenvalue weighted by Gasteiger charge is -2.06. The molecule has 0 fully saturated rings. The molecule has 0 saturated heterocycles. The predicted octanol–water partition coefficient (Wildman–Crippen LogP) is 3.27. The highest BCUT2D eigenvalue weighted by atomic mass is 19.3. The van der Waals surface area contributed by atoms with Crippen molar-refractivity contribution in [2.45, 2.75) is 13.0 Å². The third-order valence-corrected chi connectivity index (χ3v) is 2.42. The van der Waals surface area contributed by atoms with Gasteiger partial charge in [-0.3, -0.25) is 0 Å². The average molecular weight is 208 g/mol. The zero-order chi connectivity index (χ0) is 10.8. The Morgan fingerprint density at radius 2 is 1.93 bits per heavy atom. The summed E-state index contributed by atoms with van der Waals surface area (Å²) in [7, 11) is 0. The van der Waals surface area contributed by atoms with Crippen molar-refractivity contribution in [3.63, 3.8) is 0 Å². The van der Waals surface area contributed by atoms with E-state index in [1.54, 1.807) is 18.2 Å². The summed E-state index contributed by atoms with van der Waals surface area (Å²) in [5.41, 5.74) is 0.665. The SMILES string of the molecule is OCc1cccc2ccc(C(F)F)cc12. The number of benzene rings is 2. The Labute approximate surface area is 86.0 Å². The van der Waals surface area contributed by atoms with Crippen LogP contribution in [0.3, 0.4) is 0 Å². The number of aliphatic hydroxyl groups excluding tert-OH is 1. The molecule has 15 heavy (non-hydrogen) atoms. The van der Waals surface area contributed by atoms with E-state index in [0.29, 0.717) is 10.9 Å². The molecule has 0 atom stereocenters. The lowest BCUT2D eigenvalue weighted by atomic mass is 10.0. The van der Waals surface area contributed by atoms with Gasteiger partial charge >= 0.3 is 0 Å². The van der Waals surface area contributed by atoms with Gasteiger partial charge in [-0.15, -0.1) is 0 Å². The number of halogens is 2. The van der Waals surface area contributed by atoms with Crippen LogP contribution in [0.15, 0.2) is 36.4 Å². The molecule has 0 aliphatic rings. The second-order valence-electron chi connectivity index (χ2n) is 3.36. The third-order valence-electron chi connectivity index (χ3n) is 2.42. The van der Waals surface area contributed by atoms with Crippen molar-refractivity contribution in [1.82, 2.24) is 0 Å². The first kappa shape index (κ1) is 10.1. The Kier molecular flexibility index (Phi) is 2.64. The van der Waals surface area contributed by atoms with E-state index in [1.165, 1.54) is 12.1 Å². The molecule has 0 heterocycles. The second-order valence-corrected chi connectivity index (χ2v) is 3.36. The van der Waals surface area contributed by atoms with Crippen LogP contribution in [-0.4, -0.2) is 5.11 Å². The molecule has 1 nitrogen and oxygen atoms in total. The molecule has 0 amide bonds. The van der Waals surface area contributed by atoms with Gasteiger partial charge in [0.2, 0.25) is 0 Å². The van der Waals surface area contributed by atoms with Crippen LogP contribution < -0.4 is 0 Å². The molecule has 78 valence electrons. The van der Waals surface area contributed by atoms with Gasteiger partial charge in [-0.1, -0.05) is 30.3 Å². The number of fused-ring (bicyclic) bond motifs is 1. The maximum Gasteiger partial charge on any atom is 0.263 e. The Bertz CT molecular complexity index is 480. The van der Waals surface area contributed by atoms with Crippen LogP contribution in [0.25, 0.3) is 10.8 Å². The van der Waals surface area contributed by atoms with Gasteiger partial charge in [0.15, 0.2) is 0 Å². The van der Waals surface area contributed by atoms with Crippen molar-refractivity contribution < 1.29 is 13.9 Å². The fourth-order valence-corrected chi connectivity index (χ4v) is 1.63. The maximum absolute atomic E-state index is 12.5. The summed E-state index contributed by atoms with van der Waals surface area (Å²) in [6, 6.07) is 9.87. The van der Waals surface area contributed by atoms with E-state index in [1.807, 2.05) is 6.07 Å². The Hall–Kier alpha value is -1.48. The van der Waals surface area contributed by atoms with Crippen molar-refractivity contribution in [2.24, 2.45) is 0 Å². The van der Waals surface area contributed by atoms with Crippen LogP contribution in [0.5, 0.6) is 0 Å². The largest absolute Gasteiger partial charge is 0.392 e. The zero-order valence-electron chi connectivity index (χ0n) is 7.95. The molecule has 2 aromatic carbocycles. The molecule has 0 aromatic heterocycles. The molecule has 3 heteroatoms. The number of aliphatic hydroxyl groups is 1. The van der Waals surface area contributed by atoms with Gasteiger partial charge in [0, 0.05) is 5.56 Å². The third kappa shape index (κ3) is 1.83. The van der Waals surface area contributed by atoms with E-state index >= 15 is 0 Å². The molecule has 2 rings (SSSR count). The van der Waals surface area contributed by atoms with Crippen LogP contribution in [0, 0.1) is 0 Å². The highest BCUT2D eigenvalue weighted by molar-refractivity contribution is 5.86. The summed E-state index contributed by atoms with van der Waals surface area (Å²) in [5, 5.41) is 10.6. The van der Waals surface area contributed by atoms with Crippen LogP contribution in [0.4, 0.5) is 8.78 Å². The molecule has 0 radical (unpaired) electrons.